The fourth-order valence-electron chi connectivity index (χ4n) is 2.79. The highest BCUT2D eigenvalue weighted by atomic mass is 35.5. The molecule has 2 aromatic rings. The first-order valence-corrected chi connectivity index (χ1v) is 12.0. The number of carbonyl (C=O) groups excluding carboxylic acids is 2. The van der Waals surface area contributed by atoms with Crippen LogP contribution in [0.3, 0.4) is 0 Å². The van der Waals surface area contributed by atoms with Crippen LogP contribution < -0.4 is 5.32 Å². The maximum Gasteiger partial charge on any atom is 0.284 e. The second-order valence-electron chi connectivity index (χ2n) is 6.77. The highest BCUT2D eigenvalue weighted by molar-refractivity contribution is 8.16. The first-order valence-electron chi connectivity index (χ1n) is 9.25. The molecule has 3 rings (SSSR count). The Bertz CT molecular complexity index is 1130. The molecule has 162 valence electrons. The lowest BCUT2D eigenvalue weighted by Gasteiger charge is -2.13. The van der Waals surface area contributed by atoms with Crippen LogP contribution in [-0.2, 0) is 19.6 Å². The summed E-state index contributed by atoms with van der Waals surface area (Å²) in [6, 6.07) is 12.8. The molecule has 1 aliphatic heterocycles. The first kappa shape index (κ1) is 23.1. The third kappa shape index (κ3) is 5.75. The zero-order valence-electron chi connectivity index (χ0n) is 16.6. The summed E-state index contributed by atoms with van der Waals surface area (Å²) in [6.07, 6.45) is 1.35. The van der Waals surface area contributed by atoms with Crippen LogP contribution in [-0.4, -0.2) is 42.1 Å². The molecule has 2 amide bonds. The SMILES string of the molecule is C=CCN1C(=O)[C@H](CC(=O)Nc2ccc(C)cc2)SC1=NS(=O)(=O)c1ccc(Cl)cc1. The summed E-state index contributed by atoms with van der Waals surface area (Å²) in [5.41, 5.74) is 1.68. The van der Waals surface area contributed by atoms with Gasteiger partial charge in [0.1, 0.15) is 5.25 Å². The van der Waals surface area contributed by atoms with Crippen LogP contribution in [0.4, 0.5) is 5.69 Å². The summed E-state index contributed by atoms with van der Waals surface area (Å²) in [4.78, 5) is 26.4. The molecule has 1 saturated heterocycles. The van der Waals surface area contributed by atoms with Crippen LogP contribution in [0, 0.1) is 6.92 Å². The molecular weight excluding hydrogens is 458 g/mol. The van der Waals surface area contributed by atoms with Crippen LogP contribution >= 0.6 is 23.4 Å². The van der Waals surface area contributed by atoms with Gasteiger partial charge in [-0.3, -0.25) is 14.5 Å². The molecule has 1 heterocycles. The first-order chi connectivity index (χ1) is 14.7. The molecule has 1 fully saturated rings. The second kappa shape index (κ2) is 9.67. The number of nitrogens with zero attached hydrogens (tertiary/aromatic N) is 2. The largest absolute Gasteiger partial charge is 0.326 e. The molecule has 1 atom stereocenters. The van der Waals surface area contributed by atoms with Gasteiger partial charge in [0, 0.05) is 23.7 Å². The smallest absolute Gasteiger partial charge is 0.284 e. The average molecular weight is 478 g/mol. The van der Waals surface area contributed by atoms with Gasteiger partial charge in [0.05, 0.1) is 4.90 Å². The maximum absolute atomic E-state index is 12.8. The van der Waals surface area contributed by atoms with Gasteiger partial charge in [-0.2, -0.15) is 8.42 Å². The van der Waals surface area contributed by atoms with E-state index in [1.54, 1.807) is 12.1 Å². The standard InChI is InChI=1S/C21H20ClN3O4S2/c1-3-12-25-20(27)18(13-19(26)23-16-8-4-14(2)5-9-16)30-21(25)24-31(28,29)17-10-6-15(22)7-11-17/h3-11,18H,1,12-13H2,2H3,(H,23,26)/t18-/m0/s1. The van der Waals surface area contributed by atoms with Crippen LogP contribution in [0.1, 0.15) is 12.0 Å². The quantitative estimate of drug-likeness (QED) is 0.611. The van der Waals surface area contributed by atoms with E-state index in [4.69, 9.17) is 11.6 Å². The number of sulfonamides is 1. The van der Waals surface area contributed by atoms with Crippen molar-refractivity contribution in [3.63, 3.8) is 0 Å². The maximum atomic E-state index is 12.8. The van der Waals surface area contributed by atoms with Crippen molar-refractivity contribution in [1.82, 2.24) is 4.90 Å². The molecule has 2 aromatic carbocycles. The zero-order chi connectivity index (χ0) is 22.6. The second-order valence-corrected chi connectivity index (χ2v) is 9.98. The average Bonchev–Trinajstić information content (AvgIpc) is 2.98. The Hall–Kier alpha value is -2.62. The predicted molar refractivity (Wildman–Crippen MR) is 124 cm³/mol. The number of aryl methyl sites for hydroxylation is 1. The number of hydrogen-bond donors (Lipinski definition) is 1. The monoisotopic (exact) mass is 477 g/mol. The number of hydrogen-bond acceptors (Lipinski definition) is 5. The number of amides is 2. The Balaban J connectivity index is 1.78. The van der Waals surface area contributed by atoms with Crippen molar-refractivity contribution in [2.24, 2.45) is 4.40 Å². The molecule has 0 spiro atoms. The topological polar surface area (TPSA) is 95.9 Å². The Kier molecular flexibility index (Phi) is 7.19. The molecular formula is C21H20ClN3O4S2. The highest BCUT2D eigenvalue weighted by Gasteiger charge is 2.39. The molecule has 0 unspecified atom stereocenters. The van der Waals surface area contributed by atoms with Gasteiger partial charge in [0.2, 0.25) is 11.8 Å². The molecule has 7 nitrogen and oxygen atoms in total. The molecule has 0 aromatic heterocycles. The number of rotatable bonds is 7. The number of benzene rings is 2. The third-order valence-electron chi connectivity index (χ3n) is 4.35. The van der Waals surface area contributed by atoms with Crippen LogP contribution in [0.2, 0.25) is 5.02 Å². The number of thioether (sulfide) groups is 1. The molecule has 0 saturated carbocycles. The zero-order valence-corrected chi connectivity index (χ0v) is 19.0. The molecule has 0 radical (unpaired) electrons. The fourth-order valence-corrected chi connectivity index (χ4v) is 5.28. The minimum atomic E-state index is -4.06. The van der Waals surface area contributed by atoms with Gasteiger partial charge in [-0.15, -0.1) is 11.0 Å². The van der Waals surface area contributed by atoms with Crippen LogP contribution in [0.5, 0.6) is 0 Å². The van der Waals surface area contributed by atoms with E-state index in [0.717, 1.165) is 17.3 Å². The van der Waals surface area contributed by atoms with E-state index in [1.165, 1.54) is 35.2 Å². The Morgan fingerprint density at radius 1 is 1.23 bits per heavy atom. The van der Waals surface area contributed by atoms with E-state index in [0.29, 0.717) is 10.7 Å². The number of carbonyl (C=O) groups is 2. The minimum Gasteiger partial charge on any atom is -0.326 e. The van der Waals surface area contributed by atoms with Gasteiger partial charge in [-0.1, -0.05) is 47.1 Å². The molecule has 10 heteroatoms. The van der Waals surface area contributed by atoms with Gasteiger partial charge in [0.25, 0.3) is 10.0 Å². The normalized spacial score (nSPS) is 17.7. The summed E-state index contributed by atoms with van der Waals surface area (Å²) in [5.74, 6) is -0.746. The van der Waals surface area contributed by atoms with Crippen molar-refractivity contribution in [1.29, 1.82) is 0 Å². The number of nitrogens with one attached hydrogen (secondary N) is 1. The number of anilines is 1. The van der Waals surface area contributed by atoms with Crippen molar-refractivity contribution in [3.05, 3.63) is 71.8 Å². The molecule has 0 aliphatic carbocycles. The van der Waals surface area contributed by atoms with Gasteiger partial charge >= 0.3 is 0 Å². The van der Waals surface area contributed by atoms with Gasteiger partial charge in [-0.05, 0) is 43.3 Å². The van der Waals surface area contributed by atoms with Crippen LogP contribution in [0.15, 0.2) is 70.5 Å². The summed E-state index contributed by atoms with van der Waals surface area (Å²) >= 11 is 6.76. The summed E-state index contributed by atoms with van der Waals surface area (Å²) < 4.78 is 29.2. The Labute approximate surface area is 190 Å². The van der Waals surface area contributed by atoms with E-state index in [9.17, 15) is 18.0 Å². The van der Waals surface area contributed by atoms with Crippen molar-refractivity contribution in [2.45, 2.75) is 23.5 Å². The van der Waals surface area contributed by atoms with E-state index >= 15 is 0 Å². The van der Waals surface area contributed by atoms with E-state index in [-0.39, 0.29) is 28.9 Å². The van der Waals surface area contributed by atoms with Crippen molar-refractivity contribution >= 4 is 56.1 Å². The summed E-state index contributed by atoms with van der Waals surface area (Å²) in [5, 5.41) is 2.36. The highest BCUT2D eigenvalue weighted by Crippen LogP contribution is 2.31. The van der Waals surface area contributed by atoms with Crippen LogP contribution in [0.25, 0.3) is 0 Å². The van der Waals surface area contributed by atoms with Gasteiger partial charge in [-0.25, -0.2) is 0 Å². The number of amidine groups is 1. The Morgan fingerprint density at radius 3 is 2.48 bits per heavy atom. The summed E-state index contributed by atoms with van der Waals surface area (Å²) in [6.45, 7) is 5.62. The summed E-state index contributed by atoms with van der Waals surface area (Å²) in [7, 11) is -4.06. The van der Waals surface area contributed by atoms with Crippen molar-refractivity contribution in [2.75, 3.05) is 11.9 Å². The van der Waals surface area contributed by atoms with Gasteiger partial charge < -0.3 is 5.32 Å². The molecule has 1 N–H and O–H groups in total. The van der Waals surface area contributed by atoms with E-state index in [1.807, 2.05) is 19.1 Å². The lowest BCUT2D eigenvalue weighted by atomic mass is 10.2. The van der Waals surface area contributed by atoms with Crippen molar-refractivity contribution in [3.8, 4) is 0 Å². The third-order valence-corrected chi connectivity index (χ3v) is 7.17. The molecule has 1 aliphatic rings. The lowest BCUT2D eigenvalue weighted by molar-refractivity contribution is -0.127. The Morgan fingerprint density at radius 2 is 1.87 bits per heavy atom. The lowest BCUT2D eigenvalue weighted by Crippen LogP contribution is -2.33. The molecule has 31 heavy (non-hydrogen) atoms. The van der Waals surface area contributed by atoms with Crippen molar-refractivity contribution < 1.29 is 18.0 Å². The molecule has 0 bridgehead atoms. The number of halogens is 1. The van der Waals surface area contributed by atoms with Gasteiger partial charge in [0.15, 0.2) is 5.17 Å². The van der Waals surface area contributed by atoms with E-state index < -0.39 is 21.2 Å². The van der Waals surface area contributed by atoms with E-state index in [2.05, 4.69) is 16.3 Å². The predicted octanol–water partition coefficient (Wildman–Crippen LogP) is 3.85. The minimum absolute atomic E-state index is 0.00739. The fraction of sp³-hybridized carbons (Fsp3) is 0.190.